The molecule has 1 N–H and O–H groups in total. The van der Waals surface area contributed by atoms with Crippen LogP contribution in [0.2, 0.25) is 0 Å². The van der Waals surface area contributed by atoms with Crippen molar-refractivity contribution in [3.8, 4) is 0 Å². The third-order valence-electron chi connectivity index (χ3n) is 4.66. The SMILES string of the molecule is O=C(Nc1c(F)cccc1F)c1ccc(N2CCN(c3ncccn3)CC2)cn1. The highest BCUT2D eigenvalue weighted by atomic mass is 19.1. The first-order valence-electron chi connectivity index (χ1n) is 9.10. The van der Waals surface area contributed by atoms with Crippen LogP contribution in [0.3, 0.4) is 0 Å². The number of benzene rings is 1. The van der Waals surface area contributed by atoms with Gasteiger partial charge in [-0.25, -0.2) is 23.7 Å². The summed E-state index contributed by atoms with van der Waals surface area (Å²) < 4.78 is 27.4. The average molecular weight is 396 g/mol. The van der Waals surface area contributed by atoms with E-state index in [0.717, 1.165) is 44.0 Å². The van der Waals surface area contributed by atoms with Gasteiger partial charge in [-0.2, -0.15) is 0 Å². The van der Waals surface area contributed by atoms with E-state index < -0.39 is 23.2 Å². The summed E-state index contributed by atoms with van der Waals surface area (Å²) in [5, 5.41) is 2.23. The molecule has 0 spiro atoms. The van der Waals surface area contributed by atoms with Crippen LogP contribution in [0.4, 0.5) is 26.1 Å². The van der Waals surface area contributed by atoms with Crippen molar-refractivity contribution >= 4 is 23.2 Å². The van der Waals surface area contributed by atoms with Crippen LogP contribution in [-0.2, 0) is 0 Å². The topological polar surface area (TPSA) is 74.2 Å². The molecule has 1 fully saturated rings. The van der Waals surface area contributed by atoms with E-state index in [1.807, 2.05) is 0 Å². The molecule has 1 aliphatic heterocycles. The first-order chi connectivity index (χ1) is 14.1. The zero-order valence-electron chi connectivity index (χ0n) is 15.4. The number of anilines is 3. The predicted octanol–water partition coefficient (Wildman–Crippen LogP) is 2.73. The number of carbonyl (C=O) groups excluding carboxylic acids is 1. The third kappa shape index (κ3) is 4.13. The number of aromatic nitrogens is 3. The van der Waals surface area contributed by atoms with E-state index in [4.69, 9.17) is 0 Å². The summed E-state index contributed by atoms with van der Waals surface area (Å²) in [5.74, 6) is -1.64. The van der Waals surface area contributed by atoms with Crippen molar-refractivity contribution in [1.29, 1.82) is 0 Å². The molecule has 2 aromatic heterocycles. The molecule has 4 rings (SSSR count). The van der Waals surface area contributed by atoms with Crippen LogP contribution in [0.15, 0.2) is 55.0 Å². The Morgan fingerprint density at radius 2 is 1.52 bits per heavy atom. The van der Waals surface area contributed by atoms with E-state index in [9.17, 15) is 13.6 Å². The van der Waals surface area contributed by atoms with Gasteiger partial charge in [0.25, 0.3) is 5.91 Å². The number of nitrogens with zero attached hydrogens (tertiary/aromatic N) is 5. The van der Waals surface area contributed by atoms with E-state index in [0.29, 0.717) is 5.95 Å². The molecule has 0 aliphatic carbocycles. The van der Waals surface area contributed by atoms with Crippen LogP contribution in [0.25, 0.3) is 0 Å². The molecule has 1 saturated heterocycles. The third-order valence-corrected chi connectivity index (χ3v) is 4.66. The second kappa shape index (κ2) is 8.17. The number of para-hydroxylation sites is 1. The highest BCUT2D eigenvalue weighted by Gasteiger charge is 2.20. The molecule has 0 bridgehead atoms. The lowest BCUT2D eigenvalue weighted by molar-refractivity contribution is 0.102. The molecule has 7 nitrogen and oxygen atoms in total. The van der Waals surface area contributed by atoms with Gasteiger partial charge in [0, 0.05) is 38.6 Å². The molecule has 0 atom stereocenters. The highest BCUT2D eigenvalue weighted by Crippen LogP contribution is 2.20. The quantitative estimate of drug-likeness (QED) is 0.731. The summed E-state index contributed by atoms with van der Waals surface area (Å²) in [5.41, 5.74) is 0.461. The predicted molar refractivity (Wildman–Crippen MR) is 105 cm³/mol. The van der Waals surface area contributed by atoms with Gasteiger partial charge in [-0.05, 0) is 30.3 Å². The molecule has 1 aliphatic rings. The molecule has 0 saturated carbocycles. The molecule has 3 aromatic rings. The first-order valence-corrected chi connectivity index (χ1v) is 9.10. The molecule has 9 heteroatoms. The summed E-state index contributed by atoms with van der Waals surface area (Å²) in [7, 11) is 0. The summed E-state index contributed by atoms with van der Waals surface area (Å²) in [6.45, 7) is 3.04. The summed E-state index contributed by atoms with van der Waals surface area (Å²) >= 11 is 0. The van der Waals surface area contributed by atoms with E-state index in [1.54, 1.807) is 30.7 Å². The molecule has 3 heterocycles. The Balaban J connectivity index is 1.39. The van der Waals surface area contributed by atoms with Crippen molar-refractivity contribution < 1.29 is 13.6 Å². The van der Waals surface area contributed by atoms with Crippen LogP contribution >= 0.6 is 0 Å². The Bertz CT molecular complexity index is 971. The Labute approximate surface area is 166 Å². The van der Waals surface area contributed by atoms with E-state index in [1.165, 1.54) is 12.1 Å². The van der Waals surface area contributed by atoms with E-state index in [2.05, 4.69) is 30.1 Å². The minimum atomic E-state index is -0.838. The number of hydrogen-bond donors (Lipinski definition) is 1. The van der Waals surface area contributed by atoms with Crippen molar-refractivity contribution in [3.05, 3.63) is 72.3 Å². The summed E-state index contributed by atoms with van der Waals surface area (Å²) in [4.78, 5) is 29.2. The maximum absolute atomic E-state index is 13.7. The number of nitrogens with one attached hydrogen (secondary N) is 1. The number of rotatable bonds is 4. The number of halogens is 2. The summed E-state index contributed by atoms with van der Waals surface area (Å²) in [6.07, 6.45) is 5.02. The van der Waals surface area contributed by atoms with Gasteiger partial charge >= 0.3 is 0 Å². The van der Waals surface area contributed by atoms with Crippen molar-refractivity contribution in [2.24, 2.45) is 0 Å². The van der Waals surface area contributed by atoms with E-state index in [-0.39, 0.29) is 5.69 Å². The molecular formula is C20H18F2N6O. The van der Waals surface area contributed by atoms with Crippen molar-refractivity contribution in [2.45, 2.75) is 0 Å². The standard InChI is InChI=1S/C20H18F2N6O/c21-15-3-1-4-16(22)18(15)26-19(29)17-6-5-14(13-25-17)27-9-11-28(12-10-27)20-23-7-2-8-24-20/h1-8,13H,9-12H2,(H,26,29). The van der Waals surface area contributed by atoms with Crippen LogP contribution in [-0.4, -0.2) is 47.0 Å². The number of piperazine rings is 1. The molecule has 1 amide bonds. The van der Waals surface area contributed by atoms with Crippen LogP contribution in [0.5, 0.6) is 0 Å². The molecule has 29 heavy (non-hydrogen) atoms. The normalized spacial score (nSPS) is 14.0. The fourth-order valence-corrected chi connectivity index (χ4v) is 3.12. The number of amides is 1. The lowest BCUT2D eigenvalue weighted by Gasteiger charge is -2.35. The van der Waals surface area contributed by atoms with Crippen LogP contribution < -0.4 is 15.1 Å². The number of pyridine rings is 1. The van der Waals surface area contributed by atoms with Gasteiger partial charge in [-0.15, -0.1) is 0 Å². The number of hydrogen-bond acceptors (Lipinski definition) is 6. The van der Waals surface area contributed by atoms with Gasteiger partial charge in [0.15, 0.2) is 0 Å². The van der Waals surface area contributed by atoms with Gasteiger partial charge in [-0.3, -0.25) is 4.79 Å². The largest absolute Gasteiger partial charge is 0.367 e. The molecule has 1 aromatic carbocycles. The van der Waals surface area contributed by atoms with Gasteiger partial charge in [0.05, 0.1) is 11.9 Å². The minimum absolute atomic E-state index is 0.0766. The Morgan fingerprint density at radius 3 is 2.14 bits per heavy atom. The highest BCUT2D eigenvalue weighted by molar-refractivity contribution is 6.03. The fraction of sp³-hybridized carbons (Fsp3) is 0.200. The maximum atomic E-state index is 13.7. The zero-order valence-corrected chi connectivity index (χ0v) is 15.4. The second-order valence-corrected chi connectivity index (χ2v) is 6.48. The van der Waals surface area contributed by atoms with Crippen molar-refractivity contribution in [2.75, 3.05) is 41.3 Å². The Morgan fingerprint density at radius 1 is 0.862 bits per heavy atom. The van der Waals surface area contributed by atoms with E-state index >= 15 is 0 Å². The molecular weight excluding hydrogens is 378 g/mol. The van der Waals surface area contributed by atoms with Gasteiger partial charge in [0.2, 0.25) is 5.95 Å². The van der Waals surface area contributed by atoms with Crippen LogP contribution in [0, 0.1) is 11.6 Å². The van der Waals surface area contributed by atoms with Crippen molar-refractivity contribution in [1.82, 2.24) is 15.0 Å². The van der Waals surface area contributed by atoms with Crippen LogP contribution in [0.1, 0.15) is 10.5 Å². The summed E-state index contributed by atoms with van der Waals surface area (Å²) in [6, 6.07) is 8.48. The molecule has 0 unspecified atom stereocenters. The Hall–Kier alpha value is -3.62. The lowest BCUT2D eigenvalue weighted by Crippen LogP contribution is -2.47. The monoisotopic (exact) mass is 396 g/mol. The lowest BCUT2D eigenvalue weighted by atomic mass is 10.2. The van der Waals surface area contributed by atoms with Gasteiger partial charge < -0.3 is 15.1 Å². The van der Waals surface area contributed by atoms with Gasteiger partial charge in [0.1, 0.15) is 23.0 Å². The molecule has 0 radical (unpaired) electrons. The van der Waals surface area contributed by atoms with Gasteiger partial charge in [-0.1, -0.05) is 6.07 Å². The maximum Gasteiger partial charge on any atom is 0.274 e. The first kappa shape index (κ1) is 18.7. The smallest absolute Gasteiger partial charge is 0.274 e. The second-order valence-electron chi connectivity index (χ2n) is 6.48. The fourth-order valence-electron chi connectivity index (χ4n) is 3.12. The minimum Gasteiger partial charge on any atom is -0.367 e. The van der Waals surface area contributed by atoms with Crippen molar-refractivity contribution in [3.63, 3.8) is 0 Å². The Kier molecular flexibility index (Phi) is 5.28. The number of carbonyl (C=O) groups is 1. The zero-order chi connectivity index (χ0) is 20.2. The molecule has 148 valence electrons. The average Bonchev–Trinajstić information content (AvgIpc) is 2.77.